The van der Waals surface area contributed by atoms with Gasteiger partial charge < -0.3 is 18.9 Å². The Morgan fingerprint density at radius 1 is 1.00 bits per heavy atom. The van der Waals surface area contributed by atoms with Crippen molar-refractivity contribution in [1.82, 2.24) is 0 Å². The Hall–Kier alpha value is -1.01. The summed E-state index contributed by atoms with van der Waals surface area (Å²) in [7, 11) is 1.67. The molecule has 6 aliphatic rings. The lowest BCUT2D eigenvalue weighted by atomic mass is 9.47. The second-order valence-electron chi connectivity index (χ2n) is 10.8. The fourth-order valence-electron chi connectivity index (χ4n) is 7.98. The molecule has 0 N–H and O–H groups in total. The molecule has 2 heterocycles. The number of rotatable bonds is 2. The largest absolute Gasteiger partial charge is 0.347 e. The zero-order valence-corrected chi connectivity index (χ0v) is 18.6. The summed E-state index contributed by atoms with van der Waals surface area (Å²) >= 11 is 0. The standard InChI is InChI=1S/C25H35NO4/c1-23-10-11-25(29-12-13-30-25)14-16(23)4-5-17-18-6-7-20(21-15-28-22(26-21)27-3)24(18,2)9-8-19(17)23/h4,7,17-19,22H,5-6,8-15H2,1-3H3/t17-,18-,19-,22?,23-,24-/m0/s1. The molecule has 3 fully saturated rings. The van der Waals surface area contributed by atoms with Gasteiger partial charge in [-0.15, -0.1) is 0 Å². The van der Waals surface area contributed by atoms with E-state index in [4.69, 9.17) is 23.9 Å². The van der Waals surface area contributed by atoms with Gasteiger partial charge in [0.05, 0.1) is 25.5 Å². The predicted molar refractivity (Wildman–Crippen MR) is 114 cm³/mol. The third-order valence-corrected chi connectivity index (χ3v) is 9.64. The summed E-state index contributed by atoms with van der Waals surface area (Å²) in [4.78, 5) is 4.71. The Morgan fingerprint density at radius 3 is 2.60 bits per heavy atom. The SMILES string of the molecule is COC1N=C(C2=CC[C@H]3[C@@H]4CC=C5CC6(CC[C@]5(C)[C@H]4CC[C@]23C)OCCO6)CO1. The Balaban J connectivity index is 1.27. The van der Waals surface area contributed by atoms with Gasteiger partial charge in [0.1, 0.15) is 0 Å². The molecule has 2 saturated carbocycles. The van der Waals surface area contributed by atoms with Crippen LogP contribution in [0.1, 0.15) is 58.8 Å². The highest BCUT2D eigenvalue weighted by Gasteiger charge is 2.59. The van der Waals surface area contributed by atoms with Gasteiger partial charge in [-0.3, -0.25) is 0 Å². The Labute approximate surface area is 179 Å². The molecule has 0 amide bonds. The van der Waals surface area contributed by atoms with Crippen molar-refractivity contribution in [3.05, 3.63) is 23.3 Å². The molecular formula is C25H35NO4. The van der Waals surface area contributed by atoms with Crippen molar-refractivity contribution in [2.75, 3.05) is 26.9 Å². The van der Waals surface area contributed by atoms with Gasteiger partial charge in [-0.25, -0.2) is 4.99 Å². The highest BCUT2D eigenvalue weighted by molar-refractivity contribution is 6.03. The number of hydrogen-bond donors (Lipinski definition) is 0. The zero-order valence-electron chi connectivity index (χ0n) is 18.6. The van der Waals surface area contributed by atoms with E-state index in [1.54, 1.807) is 12.7 Å². The minimum Gasteiger partial charge on any atom is -0.347 e. The van der Waals surface area contributed by atoms with Crippen LogP contribution >= 0.6 is 0 Å². The van der Waals surface area contributed by atoms with E-state index in [-0.39, 0.29) is 11.2 Å². The predicted octanol–water partition coefficient (Wildman–Crippen LogP) is 4.63. The minimum atomic E-state index is -0.423. The molecule has 1 spiro atoms. The van der Waals surface area contributed by atoms with Gasteiger partial charge in [-0.2, -0.15) is 0 Å². The minimum absolute atomic E-state index is 0.223. The number of allylic oxidation sites excluding steroid dienone is 2. The molecule has 0 bridgehead atoms. The lowest BCUT2D eigenvalue weighted by Gasteiger charge is -2.58. The second kappa shape index (κ2) is 6.74. The van der Waals surface area contributed by atoms with Crippen LogP contribution in [0.4, 0.5) is 0 Å². The quantitative estimate of drug-likeness (QED) is 0.620. The van der Waals surface area contributed by atoms with Gasteiger partial charge >= 0.3 is 0 Å². The van der Waals surface area contributed by atoms with Crippen LogP contribution in [0.15, 0.2) is 28.3 Å². The van der Waals surface area contributed by atoms with Crippen LogP contribution in [0.5, 0.6) is 0 Å². The van der Waals surface area contributed by atoms with Crippen LogP contribution in [0.25, 0.3) is 0 Å². The maximum atomic E-state index is 6.08. The van der Waals surface area contributed by atoms with E-state index in [0.29, 0.717) is 17.9 Å². The topological polar surface area (TPSA) is 49.3 Å². The molecule has 5 heteroatoms. The van der Waals surface area contributed by atoms with E-state index < -0.39 is 6.41 Å². The Bertz CT molecular complexity index is 825. The summed E-state index contributed by atoms with van der Waals surface area (Å²) in [5.41, 5.74) is 4.71. The number of aliphatic imine (C=N–C) groups is 1. The number of nitrogens with zero attached hydrogens (tertiary/aromatic N) is 1. The van der Waals surface area contributed by atoms with E-state index in [1.165, 1.54) is 37.7 Å². The highest BCUT2D eigenvalue weighted by atomic mass is 16.7. The molecule has 0 aromatic rings. The van der Waals surface area contributed by atoms with Crippen molar-refractivity contribution < 1.29 is 18.9 Å². The van der Waals surface area contributed by atoms with Crippen LogP contribution in [-0.2, 0) is 18.9 Å². The van der Waals surface area contributed by atoms with Crippen molar-refractivity contribution in [3.63, 3.8) is 0 Å². The van der Waals surface area contributed by atoms with Crippen molar-refractivity contribution >= 4 is 5.71 Å². The average Bonchev–Trinajstić information content (AvgIpc) is 3.47. The summed E-state index contributed by atoms with van der Waals surface area (Å²) in [5.74, 6) is 1.92. The molecule has 4 aliphatic carbocycles. The Kier molecular flexibility index (Phi) is 4.42. The third-order valence-electron chi connectivity index (χ3n) is 9.64. The lowest BCUT2D eigenvalue weighted by molar-refractivity contribution is -0.184. The van der Waals surface area contributed by atoms with Crippen molar-refractivity contribution in [3.8, 4) is 0 Å². The van der Waals surface area contributed by atoms with Crippen molar-refractivity contribution in [2.24, 2.45) is 33.6 Å². The smallest absolute Gasteiger partial charge is 0.258 e. The zero-order chi connectivity index (χ0) is 20.6. The van der Waals surface area contributed by atoms with E-state index in [2.05, 4.69) is 26.0 Å². The van der Waals surface area contributed by atoms with Gasteiger partial charge in [-0.05, 0) is 66.3 Å². The fraction of sp³-hybridized carbons (Fsp3) is 0.800. The Morgan fingerprint density at radius 2 is 1.83 bits per heavy atom. The molecule has 2 aliphatic heterocycles. The molecule has 6 rings (SSSR count). The summed E-state index contributed by atoms with van der Waals surface area (Å²) in [6.45, 7) is 7.13. The van der Waals surface area contributed by atoms with Gasteiger partial charge in [0.2, 0.25) is 0 Å². The van der Waals surface area contributed by atoms with Crippen molar-refractivity contribution in [1.29, 1.82) is 0 Å². The summed E-state index contributed by atoms with van der Waals surface area (Å²) in [6.07, 6.45) is 12.8. The monoisotopic (exact) mass is 413 g/mol. The van der Waals surface area contributed by atoms with Gasteiger partial charge in [-0.1, -0.05) is 31.6 Å². The molecule has 1 unspecified atom stereocenters. The first-order chi connectivity index (χ1) is 14.5. The number of methoxy groups -OCH3 is 1. The molecular weight excluding hydrogens is 378 g/mol. The van der Waals surface area contributed by atoms with E-state index in [9.17, 15) is 0 Å². The second-order valence-corrected chi connectivity index (χ2v) is 10.8. The van der Waals surface area contributed by atoms with E-state index >= 15 is 0 Å². The number of fused-ring (bicyclic) bond motifs is 5. The van der Waals surface area contributed by atoms with Gasteiger partial charge in [0, 0.05) is 20.0 Å². The first kappa shape index (κ1) is 19.7. The molecule has 30 heavy (non-hydrogen) atoms. The molecule has 0 aromatic heterocycles. The van der Waals surface area contributed by atoms with Gasteiger partial charge in [0.15, 0.2) is 5.79 Å². The average molecular weight is 414 g/mol. The fourth-order valence-corrected chi connectivity index (χ4v) is 7.98. The van der Waals surface area contributed by atoms with E-state index in [0.717, 1.165) is 43.6 Å². The van der Waals surface area contributed by atoms with Crippen LogP contribution in [0.3, 0.4) is 0 Å². The summed E-state index contributed by atoms with van der Waals surface area (Å²) in [6, 6.07) is 0. The lowest BCUT2D eigenvalue weighted by Crippen LogP contribution is -2.52. The third kappa shape index (κ3) is 2.65. The first-order valence-corrected chi connectivity index (χ1v) is 11.9. The molecule has 1 saturated heterocycles. The first-order valence-electron chi connectivity index (χ1n) is 11.9. The highest BCUT2D eigenvalue weighted by Crippen LogP contribution is 2.66. The molecule has 6 atom stereocenters. The normalized spacial score (nSPS) is 46.7. The van der Waals surface area contributed by atoms with Gasteiger partial charge in [0.25, 0.3) is 6.41 Å². The summed E-state index contributed by atoms with van der Waals surface area (Å²) in [5, 5.41) is 0. The van der Waals surface area contributed by atoms with Crippen molar-refractivity contribution in [2.45, 2.75) is 71.0 Å². The number of ether oxygens (including phenoxy) is 4. The molecule has 164 valence electrons. The maximum Gasteiger partial charge on any atom is 0.258 e. The molecule has 0 radical (unpaired) electrons. The van der Waals surface area contributed by atoms with E-state index in [1.807, 2.05) is 0 Å². The summed E-state index contributed by atoms with van der Waals surface area (Å²) < 4.78 is 23.2. The molecule has 0 aromatic carbocycles. The van der Waals surface area contributed by atoms with Crippen LogP contribution < -0.4 is 0 Å². The maximum absolute atomic E-state index is 6.08. The number of hydrogen-bond acceptors (Lipinski definition) is 5. The van der Waals surface area contributed by atoms with Crippen LogP contribution in [0.2, 0.25) is 0 Å². The molecule has 5 nitrogen and oxygen atoms in total. The van der Waals surface area contributed by atoms with Crippen LogP contribution in [0, 0.1) is 28.6 Å². The van der Waals surface area contributed by atoms with Crippen LogP contribution in [-0.4, -0.2) is 44.8 Å².